The van der Waals surface area contributed by atoms with Crippen molar-refractivity contribution in [3.05, 3.63) is 230 Å². The van der Waals surface area contributed by atoms with Gasteiger partial charge in [-0.25, -0.2) is 0 Å². The Morgan fingerprint density at radius 2 is 0.549 bits per heavy atom. The van der Waals surface area contributed by atoms with Crippen LogP contribution in [-0.2, 0) is 10.8 Å². The van der Waals surface area contributed by atoms with E-state index in [1.165, 1.54) is 98.0 Å². The minimum atomic E-state index is -0.318. The van der Waals surface area contributed by atoms with Gasteiger partial charge in [0, 0.05) is 33.5 Å². The molecule has 0 radical (unpaired) electrons. The van der Waals surface area contributed by atoms with Crippen LogP contribution >= 0.6 is 0 Å². The van der Waals surface area contributed by atoms with Gasteiger partial charge in [0.25, 0.3) is 0 Å². The molecular formula is C78H72N2O2. The van der Waals surface area contributed by atoms with Crippen molar-refractivity contribution in [2.24, 2.45) is 0 Å². The zero-order valence-electron chi connectivity index (χ0n) is 49.5. The molecular weight excluding hydrogens is 997 g/mol. The van der Waals surface area contributed by atoms with Crippen molar-refractivity contribution in [3.8, 4) is 33.8 Å². The highest BCUT2D eigenvalue weighted by Gasteiger charge is 2.31. The first-order valence-corrected chi connectivity index (χ1v) is 29.1. The third kappa shape index (κ3) is 9.19. The van der Waals surface area contributed by atoms with Crippen LogP contribution in [-0.4, -0.2) is 11.2 Å². The first-order chi connectivity index (χ1) is 39.2. The third-order valence-electron chi connectivity index (χ3n) is 16.2. The largest absolute Gasteiger partial charge is 0.488 e. The van der Waals surface area contributed by atoms with E-state index in [9.17, 15) is 0 Å². The van der Waals surface area contributed by atoms with Crippen LogP contribution in [0.15, 0.2) is 218 Å². The summed E-state index contributed by atoms with van der Waals surface area (Å²) in [5, 5.41) is 15.0. The molecule has 0 N–H and O–H groups in total. The van der Waals surface area contributed by atoms with E-state index in [4.69, 9.17) is 9.47 Å². The molecule has 13 aromatic carbocycles. The summed E-state index contributed by atoms with van der Waals surface area (Å²) in [7, 11) is 0. The Morgan fingerprint density at radius 3 is 0.854 bits per heavy atom. The number of benzene rings is 11. The summed E-state index contributed by atoms with van der Waals surface area (Å²) in [6.45, 7) is 26.2. The molecule has 0 aromatic heterocycles. The third-order valence-corrected chi connectivity index (χ3v) is 16.2. The quantitative estimate of drug-likeness (QED) is 0.136. The SMILES string of the molecule is CC(C)(C)Oc1ccc(N(c2ccc(C(C)(C)C)cc2)c2ccc3c4c(-c5ccccc5)c5c6cccc7c(N(c8ccc(OC(C)(C)C)cc8)c8ccc(C(C)(C)C)cc8)ccc(c5c(-c5ccccc5)c4c4cccc2c43)c76)cc1. The fraction of sp³-hybridized carbons (Fsp3) is 0.205. The zero-order valence-corrected chi connectivity index (χ0v) is 49.5. The van der Waals surface area contributed by atoms with Crippen molar-refractivity contribution in [3.63, 3.8) is 0 Å². The minimum absolute atomic E-state index is 0.0127. The molecule has 406 valence electrons. The molecule has 0 heterocycles. The monoisotopic (exact) mass is 1070 g/mol. The van der Waals surface area contributed by atoms with E-state index in [0.717, 1.165) is 45.6 Å². The van der Waals surface area contributed by atoms with E-state index < -0.39 is 0 Å². The van der Waals surface area contributed by atoms with Crippen LogP contribution in [0.1, 0.15) is 94.2 Å². The van der Waals surface area contributed by atoms with Gasteiger partial charge in [-0.05, 0) is 225 Å². The Morgan fingerprint density at radius 1 is 0.256 bits per heavy atom. The average Bonchev–Trinajstić information content (AvgIpc) is 2.32. The highest BCUT2D eigenvalue weighted by Crippen LogP contribution is 2.58. The van der Waals surface area contributed by atoms with E-state index >= 15 is 0 Å². The van der Waals surface area contributed by atoms with Crippen molar-refractivity contribution in [2.75, 3.05) is 9.80 Å². The predicted molar refractivity (Wildman–Crippen MR) is 352 cm³/mol. The van der Waals surface area contributed by atoms with E-state index in [1.54, 1.807) is 0 Å². The van der Waals surface area contributed by atoms with Crippen LogP contribution in [0.2, 0.25) is 0 Å². The van der Waals surface area contributed by atoms with Gasteiger partial charge in [0.15, 0.2) is 0 Å². The molecule has 0 aliphatic carbocycles. The molecule has 0 aliphatic rings. The second-order valence-corrected chi connectivity index (χ2v) is 26.4. The molecule has 0 bridgehead atoms. The predicted octanol–water partition coefficient (Wildman–Crippen LogP) is 22.7. The highest BCUT2D eigenvalue weighted by molar-refractivity contribution is 6.47. The van der Waals surface area contributed by atoms with Crippen molar-refractivity contribution in [1.29, 1.82) is 0 Å². The molecule has 82 heavy (non-hydrogen) atoms. The zero-order chi connectivity index (χ0) is 57.0. The van der Waals surface area contributed by atoms with Gasteiger partial charge in [-0.3, -0.25) is 0 Å². The number of fused-ring (bicyclic) bond motifs is 6. The minimum Gasteiger partial charge on any atom is -0.488 e. The van der Waals surface area contributed by atoms with E-state index in [0.29, 0.717) is 0 Å². The van der Waals surface area contributed by atoms with Gasteiger partial charge in [0.05, 0.1) is 11.4 Å². The van der Waals surface area contributed by atoms with Crippen LogP contribution in [0.25, 0.3) is 86.9 Å². The van der Waals surface area contributed by atoms with Gasteiger partial charge in [-0.15, -0.1) is 0 Å². The van der Waals surface area contributed by atoms with Crippen LogP contribution in [0.4, 0.5) is 34.1 Å². The molecule has 13 rings (SSSR count). The van der Waals surface area contributed by atoms with Crippen LogP contribution in [0.5, 0.6) is 11.5 Å². The topological polar surface area (TPSA) is 24.9 Å². The molecule has 4 nitrogen and oxygen atoms in total. The molecule has 0 unspecified atom stereocenters. The van der Waals surface area contributed by atoms with Crippen molar-refractivity contribution in [2.45, 2.75) is 105 Å². The molecule has 4 heteroatoms. The molecule has 0 atom stereocenters. The summed E-state index contributed by atoms with van der Waals surface area (Å²) >= 11 is 0. The van der Waals surface area contributed by atoms with Crippen LogP contribution < -0.4 is 19.3 Å². The summed E-state index contributed by atoms with van der Waals surface area (Å²) in [4.78, 5) is 4.86. The molecule has 0 amide bonds. The first-order valence-electron chi connectivity index (χ1n) is 29.1. The van der Waals surface area contributed by atoms with Gasteiger partial charge < -0.3 is 19.3 Å². The lowest BCUT2D eigenvalue weighted by atomic mass is 9.87. The van der Waals surface area contributed by atoms with Crippen LogP contribution in [0, 0.1) is 0 Å². The van der Waals surface area contributed by atoms with Crippen molar-refractivity contribution >= 4 is 98.8 Å². The molecule has 13 aromatic rings. The number of anilines is 6. The summed E-state index contributed by atoms with van der Waals surface area (Å²) in [5.74, 6) is 1.69. The Kier molecular flexibility index (Phi) is 12.4. The molecule has 0 saturated carbocycles. The van der Waals surface area contributed by atoms with E-state index in [1.807, 2.05) is 0 Å². The van der Waals surface area contributed by atoms with Gasteiger partial charge in [0.1, 0.15) is 22.7 Å². The van der Waals surface area contributed by atoms with Gasteiger partial charge >= 0.3 is 0 Å². The smallest absolute Gasteiger partial charge is 0.120 e. The molecule has 0 saturated heterocycles. The maximum Gasteiger partial charge on any atom is 0.120 e. The highest BCUT2D eigenvalue weighted by atomic mass is 16.5. The van der Waals surface area contributed by atoms with Gasteiger partial charge in [-0.1, -0.05) is 175 Å². The standard InChI is InChI=1S/C78H72N2O2/c1-75(2,3)51-29-33-53(34-30-51)79(55-37-41-57(42-38-55)81-77(7,8)9)65-47-45-63-69-59(65)25-19-27-61(69)71-67(49-21-15-13-16-22-49)74-64-46-48-66(60-26-20-28-62(70(60)64)72(74)68(73(63)71)50-23-17-14-18-24-50)80(54-35-31-52(32-36-54)76(4,5)6)56-39-43-58(44-40-56)82-78(10,11)12/h13-48H,1-12H3. The summed E-state index contributed by atoms with van der Waals surface area (Å²) in [5.41, 5.74) is 13.4. The maximum absolute atomic E-state index is 6.37. The fourth-order valence-electron chi connectivity index (χ4n) is 12.7. The Labute approximate surface area is 483 Å². The van der Waals surface area contributed by atoms with Crippen LogP contribution in [0.3, 0.4) is 0 Å². The number of hydrogen-bond donors (Lipinski definition) is 0. The molecule has 0 fully saturated rings. The Bertz CT molecular complexity index is 4130. The van der Waals surface area contributed by atoms with E-state index in [-0.39, 0.29) is 22.0 Å². The molecule has 0 spiro atoms. The summed E-state index contributed by atoms with van der Waals surface area (Å²) < 4.78 is 12.7. The maximum atomic E-state index is 6.37. The lowest BCUT2D eigenvalue weighted by Gasteiger charge is -2.29. The summed E-state index contributed by atoms with van der Waals surface area (Å²) in [6.07, 6.45) is 0. The summed E-state index contributed by atoms with van der Waals surface area (Å²) in [6, 6.07) is 81.4. The normalized spacial score (nSPS) is 12.6. The number of ether oxygens (including phenoxy) is 2. The Hall–Kier alpha value is -8.86. The second-order valence-electron chi connectivity index (χ2n) is 26.4. The second kappa shape index (κ2) is 19.4. The fourth-order valence-corrected chi connectivity index (χ4v) is 12.7. The number of hydrogen-bond acceptors (Lipinski definition) is 4. The lowest BCUT2D eigenvalue weighted by Crippen LogP contribution is -2.22. The molecule has 0 aliphatic heterocycles. The van der Waals surface area contributed by atoms with E-state index in [2.05, 4.69) is 311 Å². The average molecular weight is 1070 g/mol. The Balaban J connectivity index is 1.11. The van der Waals surface area contributed by atoms with Crippen molar-refractivity contribution in [1.82, 2.24) is 0 Å². The number of nitrogens with zero attached hydrogens (tertiary/aromatic N) is 2. The van der Waals surface area contributed by atoms with Gasteiger partial charge in [0.2, 0.25) is 0 Å². The van der Waals surface area contributed by atoms with Gasteiger partial charge in [-0.2, -0.15) is 0 Å². The number of rotatable bonds is 10. The van der Waals surface area contributed by atoms with Crippen molar-refractivity contribution < 1.29 is 9.47 Å². The first kappa shape index (κ1) is 52.5. The lowest BCUT2D eigenvalue weighted by molar-refractivity contribution is 0.130.